The number of halogens is 2. The van der Waals surface area contributed by atoms with Gasteiger partial charge in [-0.25, -0.2) is 0 Å². The molecule has 0 saturated heterocycles. The highest BCUT2D eigenvalue weighted by Crippen LogP contribution is 2.42. The van der Waals surface area contributed by atoms with Crippen LogP contribution in [0.4, 0.5) is 8.63 Å². The number of para-hydroxylation sites is 2. The van der Waals surface area contributed by atoms with E-state index in [9.17, 15) is 14.6 Å². The fourth-order valence-corrected chi connectivity index (χ4v) is 3.67. The third-order valence-corrected chi connectivity index (χ3v) is 4.68. The zero-order valence-corrected chi connectivity index (χ0v) is 16.3. The van der Waals surface area contributed by atoms with E-state index in [4.69, 9.17) is 0 Å². The second kappa shape index (κ2) is 6.63. The lowest BCUT2D eigenvalue weighted by atomic mass is 9.89. The Morgan fingerprint density at radius 2 is 1.72 bits per heavy atom. The average Bonchev–Trinajstić information content (AvgIpc) is 3.20. The Morgan fingerprint density at radius 1 is 1.14 bits per heavy atom. The highest BCUT2D eigenvalue weighted by Gasteiger charge is 2.52. The maximum Gasteiger partial charge on any atom is 0.642 e. The first-order valence-corrected chi connectivity index (χ1v) is 10.6. The van der Waals surface area contributed by atoms with E-state index in [1.54, 1.807) is 55.0 Å². The topological polar surface area (TPSA) is 81.4 Å². The number of allylic oxidation sites excluding steroid dienone is 1. The van der Waals surface area contributed by atoms with Crippen LogP contribution in [0, 0.1) is 11.3 Å². The molecule has 2 aliphatic heterocycles. The highest BCUT2D eigenvalue weighted by molar-refractivity contribution is 7.83. The molecule has 0 fully saturated rings. The van der Waals surface area contributed by atoms with Crippen molar-refractivity contribution in [2.45, 2.75) is 0 Å². The summed E-state index contributed by atoms with van der Waals surface area (Å²) in [7, 11) is -0.611. The first-order valence-electron chi connectivity index (χ1n) is 8.63. The van der Waals surface area contributed by atoms with Crippen molar-refractivity contribution in [2.75, 3.05) is 12.5 Å². The van der Waals surface area contributed by atoms with Gasteiger partial charge in [0, 0.05) is 39.8 Å². The van der Waals surface area contributed by atoms with Gasteiger partial charge in [0.1, 0.15) is 11.4 Å². The number of nitriles is 1. The van der Waals surface area contributed by atoms with E-state index in [1.165, 1.54) is 6.07 Å². The van der Waals surface area contributed by atoms with Crippen LogP contribution in [0.1, 0.15) is 5.69 Å². The standard InChI is InChI=1S/C17H9BF2N4O.C2H6OS/c19-18(20)23-14-8-4-3-7-13(14)22-16(23)12(9-21)15-10-5-1-2-6-11(10)17(25)24(15)18;1-4(2)3/h1-8,25H;1-2H3. The Bertz CT molecular complexity index is 1400. The minimum absolute atomic E-state index is 0.00315. The predicted octanol–water partition coefficient (Wildman–Crippen LogP) is 1.59. The van der Waals surface area contributed by atoms with E-state index in [2.05, 4.69) is 4.99 Å². The maximum atomic E-state index is 15.4. The van der Waals surface area contributed by atoms with E-state index in [0.717, 1.165) is 4.49 Å². The summed E-state index contributed by atoms with van der Waals surface area (Å²) in [6.07, 6.45) is 3.28. The molecule has 2 aromatic carbocycles. The van der Waals surface area contributed by atoms with Gasteiger partial charge in [0.25, 0.3) is 0 Å². The van der Waals surface area contributed by atoms with Gasteiger partial charge in [-0.15, -0.1) is 0 Å². The smallest absolute Gasteiger partial charge is 0.496 e. The van der Waals surface area contributed by atoms with Gasteiger partial charge in [-0.05, 0) is 23.2 Å². The monoisotopic (exact) mass is 412 g/mol. The second-order valence-electron chi connectivity index (χ2n) is 6.70. The van der Waals surface area contributed by atoms with Crippen LogP contribution in [-0.2, 0) is 10.8 Å². The molecule has 1 aromatic heterocycles. The summed E-state index contributed by atoms with van der Waals surface area (Å²) >= 11 is 0. The number of aromatic hydroxyl groups is 1. The summed E-state index contributed by atoms with van der Waals surface area (Å²) in [6.45, 7) is -4.41. The third-order valence-electron chi connectivity index (χ3n) is 4.68. The molecule has 29 heavy (non-hydrogen) atoms. The van der Waals surface area contributed by atoms with Crippen molar-refractivity contribution < 1.29 is 17.9 Å². The largest absolute Gasteiger partial charge is 0.642 e. The first kappa shape index (κ1) is 19.0. The van der Waals surface area contributed by atoms with Gasteiger partial charge in [0.15, 0.2) is 11.5 Å². The third kappa shape index (κ3) is 2.69. The lowest BCUT2D eigenvalue weighted by Crippen LogP contribution is -2.56. The highest BCUT2D eigenvalue weighted by atomic mass is 32.2. The number of hydrogen-bond donors (Lipinski definition) is 1. The number of hydrogen-bond acceptors (Lipinski definition) is 4. The number of nitrogens with zero attached hydrogens (tertiary/aromatic N) is 4. The number of benzene rings is 2. The molecule has 0 atom stereocenters. The van der Waals surface area contributed by atoms with Crippen molar-refractivity contribution in [3.05, 3.63) is 70.8 Å². The molecule has 146 valence electrons. The van der Waals surface area contributed by atoms with Gasteiger partial charge >= 0.3 is 12.8 Å². The average molecular weight is 412 g/mol. The van der Waals surface area contributed by atoms with Crippen LogP contribution in [0.15, 0.2) is 59.3 Å². The Morgan fingerprint density at radius 3 is 2.38 bits per heavy atom. The lowest BCUT2D eigenvalue weighted by Gasteiger charge is -2.31. The Labute approximate surface area is 166 Å². The van der Waals surface area contributed by atoms with Crippen LogP contribution >= 0.6 is 0 Å². The zero-order valence-electron chi connectivity index (χ0n) is 15.5. The molecule has 6 nitrogen and oxygen atoms in total. The second-order valence-corrected chi connectivity index (χ2v) is 8.18. The van der Waals surface area contributed by atoms with Crippen LogP contribution in [0.25, 0.3) is 16.3 Å². The predicted molar refractivity (Wildman–Crippen MR) is 108 cm³/mol. The molecule has 0 radical (unpaired) electrons. The molecule has 1 N–H and O–H groups in total. The minimum atomic E-state index is -4.41. The normalized spacial score (nSPS) is 15.8. The van der Waals surface area contributed by atoms with Crippen molar-refractivity contribution in [3.63, 3.8) is 0 Å². The van der Waals surface area contributed by atoms with E-state index in [1.807, 2.05) is 6.07 Å². The fourth-order valence-electron chi connectivity index (χ4n) is 3.67. The van der Waals surface area contributed by atoms with E-state index >= 15 is 8.63 Å². The van der Waals surface area contributed by atoms with Gasteiger partial charge in [0.05, 0.1) is 0 Å². The summed E-state index contributed by atoms with van der Waals surface area (Å²) in [4.78, 5) is 4.26. The van der Waals surface area contributed by atoms with Crippen molar-refractivity contribution in [3.8, 4) is 11.9 Å². The van der Waals surface area contributed by atoms with Gasteiger partial charge < -0.3 is 22.7 Å². The van der Waals surface area contributed by atoms with Crippen molar-refractivity contribution >= 4 is 34.1 Å². The lowest BCUT2D eigenvalue weighted by molar-refractivity contribution is 0.421. The molecular weight excluding hydrogens is 397 g/mol. The van der Waals surface area contributed by atoms with Crippen LogP contribution in [0.5, 0.6) is 5.88 Å². The molecular formula is C19H15BF2N4O2S. The number of rotatable bonds is 0. The van der Waals surface area contributed by atoms with Gasteiger partial charge in [0.2, 0.25) is 5.36 Å². The van der Waals surface area contributed by atoms with Crippen LogP contribution in [0.3, 0.4) is 0 Å². The first-order chi connectivity index (χ1) is 13.8. The number of aromatic nitrogens is 1. The zero-order chi connectivity index (χ0) is 20.9. The minimum Gasteiger partial charge on any atom is -0.496 e. The molecule has 2 aliphatic rings. The van der Waals surface area contributed by atoms with Gasteiger partial charge in [-0.2, -0.15) is 5.26 Å². The number of fused-ring (bicyclic) bond motifs is 5. The molecule has 0 amide bonds. The fraction of sp³-hybridized carbons (Fsp3) is 0.105. The molecule has 0 spiro atoms. The molecule has 10 heteroatoms. The molecule has 0 bridgehead atoms. The van der Waals surface area contributed by atoms with E-state index in [-0.39, 0.29) is 27.8 Å². The van der Waals surface area contributed by atoms with Crippen LogP contribution < -0.4 is 15.2 Å². The molecule has 3 aromatic rings. The summed E-state index contributed by atoms with van der Waals surface area (Å²) < 4.78 is 41.7. The Balaban J connectivity index is 0.000000472. The summed E-state index contributed by atoms with van der Waals surface area (Å²) in [6, 6.07) is 15.0. The quantitative estimate of drug-likeness (QED) is 0.570. The van der Waals surface area contributed by atoms with Gasteiger partial charge in [-0.1, -0.05) is 30.3 Å². The maximum absolute atomic E-state index is 15.4. The Hall–Kier alpha value is -3.32. The van der Waals surface area contributed by atoms with Crippen LogP contribution in [0.2, 0.25) is 0 Å². The van der Waals surface area contributed by atoms with Crippen LogP contribution in [-0.4, -0.2) is 33.3 Å². The molecule has 0 aliphatic carbocycles. The summed E-state index contributed by atoms with van der Waals surface area (Å²) in [5, 5.41) is 21.4. The van der Waals surface area contributed by atoms with E-state index < -0.39 is 23.6 Å². The van der Waals surface area contributed by atoms with E-state index in [0.29, 0.717) is 15.2 Å². The SMILES string of the molecule is CS(C)=O.N#CC1=C2N=c3ccccc3=[N+]2[B-](F)(F)n2c(O)c3ccccc3c21. The molecule has 0 saturated carbocycles. The van der Waals surface area contributed by atoms with Gasteiger partial charge in [-0.3, -0.25) is 4.21 Å². The van der Waals surface area contributed by atoms with Crippen molar-refractivity contribution in [1.82, 2.24) is 8.96 Å². The summed E-state index contributed by atoms with van der Waals surface area (Å²) in [5.41, 5.74) is 0.0175. The summed E-state index contributed by atoms with van der Waals surface area (Å²) in [5.74, 6) is -0.628. The van der Waals surface area contributed by atoms with Crippen molar-refractivity contribution in [1.29, 1.82) is 5.26 Å². The Kier molecular flexibility index (Phi) is 4.35. The molecule has 0 unspecified atom stereocenters. The molecule has 5 rings (SSSR count). The molecule has 3 heterocycles. The van der Waals surface area contributed by atoms with Crippen molar-refractivity contribution in [2.24, 2.45) is 4.99 Å².